The van der Waals surface area contributed by atoms with Crippen molar-refractivity contribution < 1.29 is 109 Å². The summed E-state index contributed by atoms with van der Waals surface area (Å²) in [7, 11) is 0. The van der Waals surface area contributed by atoms with Gasteiger partial charge in [0.15, 0.2) is 63.4 Å². The van der Waals surface area contributed by atoms with Crippen molar-refractivity contribution in [3.63, 3.8) is 0 Å². The minimum absolute atomic E-state index is 0.0294. The van der Waals surface area contributed by atoms with E-state index in [2.05, 4.69) is 48.9 Å². The van der Waals surface area contributed by atoms with Gasteiger partial charge in [0, 0.05) is 90.2 Å². The molecule has 35 heteroatoms. The van der Waals surface area contributed by atoms with Crippen LogP contribution in [-0.2, 0) is 43.1 Å². The third-order valence-electron chi connectivity index (χ3n) is 16.0. The lowest BCUT2D eigenvalue weighted by atomic mass is 9.91. The molecule has 11 rings (SSSR count). The summed E-state index contributed by atoms with van der Waals surface area (Å²) in [5.74, 6) is -6.98. The molecule has 1 aromatic heterocycles. The zero-order valence-corrected chi connectivity index (χ0v) is 60.8. The Balaban J connectivity index is 0.000000272. The van der Waals surface area contributed by atoms with Crippen LogP contribution < -0.4 is 28.1 Å². The topological polar surface area (TPSA) is 516 Å². The number of cyclic esters (lactones) is 2. The molecule has 570 valence electrons. The number of benzene rings is 5. The summed E-state index contributed by atoms with van der Waals surface area (Å²) in [5.41, 5.74) is 9.67. The van der Waals surface area contributed by atoms with E-state index in [0.717, 1.165) is 23.4 Å². The maximum Gasteiger partial charge on any atom is 0.450 e. The van der Waals surface area contributed by atoms with Crippen LogP contribution in [0.3, 0.4) is 0 Å². The van der Waals surface area contributed by atoms with Crippen molar-refractivity contribution in [2.24, 2.45) is 53.1 Å². The van der Waals surface area contributed by atoms with Crippen LogP contribution in [0.15, 0.2) is 91.0 Å². The maximum absolute atomic E-state index is 12.7. The number of aromatic amines is 1. The van der Waals surface area contributed by atoms with Gasteiger partial charge in [0.1, 0.15) is 34.8 Å². The third kappa shape index (κ3) is 20.0. The van der Waals surface area contributed by atoms with Gasteiger partial charge in [0.2, 0.25) is 22.8 Å². The van der Waals surface area contributed by atoms with Crippen molar-refractivity contribution in [2.75, 3.05) is 16.4 Å². The number of carbonyl (C=O) groups is 17. The average Bonchev–Trinajstić information content (AvgIpc) is 1.60. The molecule has 2 heterocycles. The summed E-state index contributed by atoms with van der Waals surface area (Å²) >= 11 is 4.64. The highest BCUT2D eigenvalue weighted by Gasteiger charge is 2.49. The monoisotopic (exact) mass is 1520 g/mol. The predicted octanol–water partition coefficient (Wildman–Crippen LogP) is 10.1. The van der Waals surface area contributed by atoms with Crippen molar-refractivity contribution in [3.8, 4) is 11.3 Å². The van der Waals surface area contributed by atoms with E-state index in [1.165, 1.54) is 65.0 Å². The zero-order valence-electron chi connectivity index (χ0n) is 60.1. The summed E-state index contributed by atoms with van der Waals surface area (Å²) in [6.45, 7) is 20.8. The Morgan fingerprint density at radius 1 is 0.509 bits per heavy atom. The number of carbonyl (C=O) groups excluding carboxylic acids is 17. The first-order valence-corrected chi connectivity index (χ1v) is 32.8. The van der Waals surface area contributed by atoms with Crippen LogP contribution in [0.2, 0.25) is 0 Å². The molecule has 6 aromatic rings. The van der Waals surface area contributed by atoms with E-state index in [0.29, 0.717) is 22.5 Å². The van der Waals surface area contributed by atoms with Gasteiger partial charge >= 0.3 is 18.1 Å². The first-order chi connectivity index (χ1) is 50.2. The highest BCUT2D eigenvalue weighted by molar-refractivity contribution is 6.62. The molecule has 4 aliphatic carbocycles. The number of H-pyrrole nitrogens is 1. The zero-order chi connectivity index (χ0) is 82.3. The van der Waals surface area contributed by atoms with Crippen LogP contribution in [0.25, 0.3) is 11.3 Å². The summed E-state index contributed by atoms with van der Waals surface area (Å²) in [6, 6.07) is 22.4. The van der Waals surface area contributed by atoms with Crippen molar-refractivity contribution in [1.82, 2.24) is 10.2 Å². The van der Waals surface area contributed by atoms with Gasteiger partial charge in [-0.25, -0.2) is 9.59 Å². The Morgan fingerprint density at radius 2 is 0.870 bits per heavy atom. The summed E-state index contributed by atoms with van der Waals surface area (Å²) in [5, 5.41) is 33.5. The van der Waals surface area contributed by atoms with Gasteiger partial charge in [-0.3, -0.25) is 109 Å². The minimum atomic E-state index is -4.88. The second-order valence-electron chi connectivity index (χ2n) is 25.4. The number of nitro groups is 2. The molecule has 1 aliphatic heterocycles. The van der Waals surface area contributed by atoms with Gasteiger partial charge in [-0.1, -0.05) is 124 Å². The van der Waals surface area contributed by atoms with Crippen molar-refractivity contribution in [2.45, 2.75) is 109 Å². The maximum atomic E-state index is 12.7. The second-order valence-corrected chi connectivity index (χ2v) is 25.9. The van der Waals surface area contributed by atoms with Gasteiger partial charge in [-0.05, 0) is 41.8 Å². The lowest BCUT2D eigenvalue weighted by Crippen LogP contribution is -2.29. The predicted molar refractivity (Wildman–Crippen MR) is 380 cm³/mol. The van der Waals surface area contributed by atoms with Crippen LogP contribution in [0.1, 0.15) is 207 Å². The number of nitrogen functional groups attached to an aromatic ring is 1. The van der Waals surface area contributed by atoms with Crippen LogP contribution in [0, 0.1) is 61.7 Å². The Bertz CT molecular complexity index is 4760. The Kier molecular flexibility index (Phi) is 30.3. The number of esters is 2. The Morgan fingerprint density at radius 3 is 1.26 bits per heavy atom. The number of Topliss-reactive ketones (excluding diaryl/α,β-unsaturated/α-hetero) is 11. The highest BCUT2D eigenvalue weighted by Crippen LogP contribution is 2.43. The molecular weight excluding hydrogens is 1450 g/mol. The minimum Gasteiger partial charge on any atom is -0.398 e. The van der Waals surface area contributed by atoms with Gasteiger partial charge in [-0.15, -0.1) is 0 Å². The molecule has 0 saturated carbocycles. The molecule has 5 aliphatic rings. The molecule has 3 atom stereocenters. The first-order valence-electron chi connectivity index (χ1n) is 32.4. The molecule has 2 amide bonds. The first kappa shape index (κ1) is 88.1. The van der Waals surface area contributed by atoms with E-state index >= 15 is 0 Å². The number of ether oxygens (including phenoxy) is 1. The number of nitrogens with two attached hydrogens (primary N) is 3. The molecule has 0 spiro atoms. The van der Waals surface area contributed by atoms with Gasteiger partial charge in [-0.2, -0.15) is 18.3 Å². The molecule has 0 saturated heterocycles. The summed E-state index contributed by atoms with van der Waals surface area (Å²) in [4.78, 5) is 216. The largest absolute Gasteiger partial charge is 0.450 e. The molecule has 0 radical (unpaired) electrons. The lowest BCUT2D eigenvalue weighted by molar-refractivity contribution is -0.385. The molecule has 0 fully saturated rings. The van der Waals surface area contributed by atoms with E-state index in [1.807, 2.05) is 26.0 Å². The molecule has 3 unspecified atom stereocenters. The third-order valence-corrected chi connectivity index (χ3v) is 16.0. The number of rotatable bonds is 14. The number of alkyl halides is 3. The van der Waals surface area contributed by atoms with Gasteiger partial charge in [0.05, 0.1) is 55.5 Å². The number of ketones is 12. The van der Waals surface area contributed by atoms with Crippen LogP contribution in [0.4, 0.5) is 41.6 Å². The Hall–Kier alpha value is -12.3. The highest BCUT2D eigenvalue weighted by atomic mass is 35.5. The van der Waals surface area contributed by atoms with E-state index < -0.39 is 133 Å². The van der Waals surface area contributed by atoms with Crippen molar-refractivity contribution >= 4 is 138 Å². The second kappa shape index (κ2) is 37.1. The number of hydrogen-bond acceptors (Lipinski definition) is 26. The van der Waals surface area contributed by atoms with Crippen LogP contribution in [-0.4, -0.2) is 125 Å². The molecule has 9 N–H and O–H groups in total. The number of anilines is 3. The molecule has 0 bridgehead atoms. The SMILES string of the molecule is CC(=O)Cl.CC(=O)Nc1cccc2c1C(=O)C(C(=O)C(C)C)C2=O.CC(=O)Nc1cccc2c1C(=O)c1c-2n[nH]c1C(C)C.CC(C)C(=O)C1C(=O)c2cccc(N)c2C1=O.CC(C)C(=O)C1C(=O)c2cccc([N+](=O)[O-])c2C1=O.CC(C)C(=O)CC(=O)C(F)(F)F.NN.O=C1OC(=O)c2c1cccc2[N+](=O)[O-]. The van der Waals surface area contributed by atoms with Crippen LogP contribution >= 0.6 is 11.6 Å². The number of hydrazine groups is 1. The van der Waals surface area contributed by atoms with Crippen molar-refractivity contribution in [3.05, 3.63) is 173 Å². The van der Waals surface area contributed by atoms with E-state index in [-0.39, 0.29) is 102 Å². The fraction of sp³-hybridized carbons (Fsp3) is 0.315. The fourth-order valence-corrected chi connectivity index (χ4v) is 10.9. The molecule has 108 heavy (non-hydrogen) atoms. The van der Waals surface area contributed by atoms with Crippen molar-refractivity contribution in [1.29, 1.82) is 0 Å². The number of nitrogens with zero attached hydrogens (tertiary/aromatic N) is 3. The number of aromatic nitrogens is 2. The Labute approximate surface area is 617 Å². The number of amides is 2. The smallest absolute Gasteiger partial charge is 0.398 e. The van der Waals surface area contributed by atoms with Gasteiger partial charge < -0.3 is 21.1 Å². The van der Waals surface area contributed by atoms with E-state index in [1.54, 1.807) is 77.9 Å². The van der Waals surface area contributed by atoms with E-state index in [9.17, 15) is 115 Å². The van der Waals surface area contributed by atoms with Crippen LogP contribution in [0.5, 0.6) is 0 Å². The number of hydrogen-bond donors (Lipinski definition) is 6. The fourth-order valence-electron chi connectivity index (χ4n) is 10.9. The number of halogens is 4. The molecule has 31 nitrogen and oxygen atoms in total. The summed E-state index contributed by atoms with van der Waals surface area (Å²) in [6.07, 6.45) is -5.92. The summed E-state index contributed by atoms with van der Waals surface area (Å²) < 4.78 is 39.0. The number of nitro benzene ring substituents is 2. The normalized spacial score (nSPS) is 15.0. The van der Waals surface area contributed by atoms with Gasteiger partial charge in [0.25, 0.3) is 11.4 Å². The molecule has 5 aromatic carbocycles. The lowest BCUT2D eigenvalue weighted by Gasteiger charge is -2.09. The number of nitrogens with one attached hydrogen (secondary N) is 3. The molecular formula is C73H73ClF3N9O22. The van der Waals surface area contributed by atoms with E-state index in [4.69, 9.17) is 5.73 Å². The number of fused-ring (bicyclic) bond motifs is 7. The average molecular weight is 1520 g/mol. The standard InChI is InChI=1S/C15H15N3O2.C15H15NO4.C13H11NO5.C13H13NO3.C8H3NO5.C7H9F3O2.C2H3ClO.H4N2/c1-7(2)13-12-14(18-17-13)9-5-4-6-10(16-8(3)19)11(9)15(12)20;1-7(2)13(18)12-14(19)9-5-4-6-10(16-8(3)17)11(9)15(12)20;1-6(2)11(15)10-12(16)7-4-3-5-8(14(18)19)9(7)13(10)17;1-6(2)11(15)10-12(16)7-4-3-5-8(14)9(7)13(10)17;10-7-4-2-1-3-5(9(12)13)6(4)8(11)14-7;1-4(2)5(11)3-6(12)7(8,9)10;1-2(3)4;1-2/h4-7H,1-3H3,(H,16,19)(H,17,18);4-7,12H,1-3H3,(H,16,17);3-6,10H,1-2H3;3-6,10H,14H2,1-2H3;1-3H;4H,3H2,1-2H3;1H3;1-2H2. The quantitative estimate of drug-likeness (QED) is 0.0112.